The maximum Gasteiger partial charge on any atom is 0.333 e. The molecule has 1 aliphatic rings. The van der Waals surface area contributed by atoms with E-state index >= 15 is 0 Å². The number of benzene rings is 1. The van der Waals surface area contributed by atoms with Crippen molar-refractivity contribution in [3.8, 4) is 5.69 Å². The van der Waals surface area contributed by atoms with Crippen LogP contribution in [0.25, 0.3) is 16.7 Å². The number of carbonyl (C=O) groups excluding carboxylic acids is 1. The number of hydrogen-bond acceptors (Lipinski definition) is 5. The highest BCUT2D eigenvalue weighted by molar-refractivity contribution is 7.91. The van der Waals surface area contributed by atoms with Crippen molar-refractivity contribution in [1.82, 2.24) is 14.1 Å². The molecule has 1 aliphatic heterocycles. The lowest BCUT2D eigenvalue weighted by atomic mass is 9.83. The molecule has 7 nitrogen and oxygen atoms in total. The fourth-order valence-electron chi connectivity index (χ4n) is 4.69. The van der Waals surface area contributed by atoms with Crippen molar-refractivity contribution in [1.29, 1.82) is 0 Å². The summed E-state index contributed by atoms with van der Waals surface area (Å²) in [5.74, 6) is 0.0794. The van der Waals surface area contributed by atoms with E-state index in [-0.39, 0.29) is 35.4 Å². The predicted molar refractivity (Wildman–Crippen MR) is 126 cm³/mol. The molecule has 0 aliphatic carbocycles. The lowest BCUT2D eigenvalue weighted by Gasteiger charge is -2.20. The van der Waals surface area contributed by atoms with Crippen molar-refractivity contribution in [2.24, 2.45) is 5.41 Å². The molecule has 0 saturated carbocycles. The summed E-state index contributed by atoms with van der Waals surface area (Å²) in [5.41, 5.74) is 3.68. The number of carbonyl (C=O) groups is 1. The van der Waals surface area contributed by atoms with Gasteiger partial charge >= 0.3 is 5.69 Å². The topological polar surface area (TPSA) is 91.0 Å². The van der Waals surface area contributed by atoms with Crippen LogP contribution in [0.15, 0.2) is 35.3 Å². The minimum atomic E-state index is -3.08. The Morgan fingerprint density at radius 1 is 1.19 bits per heavy atom. The number of ketones is 1. The van der Waals surface area contributed by atoms with E-state index in [1.54, 1.807) is 27.5 Å². The molecule has 0 amide bonds. The maximum atomic E-state index is 13.4. The molecule has 0 bridgehead atoms. The number of nitrogens with zero attached hydrogens (tertiary/aromatic N) is 3. The van der Waals surface area contributed by atoms with Gasteiger partial charge in [0.05, 0.1) is 28.2 Å². The van der Waals surface area contributed by atoms with Gasteiger partial charge in [0.25, 0.3) is 0 Å². The Labute approximate surface area is 188 Å². The van der Waals surface area contributed by atoms with Crippen LogP contribution in [0.3, 0.4) is 0 Å². The molecule has 3 heterocycles. The summed E-state index contributed by atoms with van der Waals surface area (Å²) in [4.78, 5) is 30.8. The van der Waals surface area contributed by atoms with E-state index in [1.807, 2.05) is 46.8 Å². The van der Waals surface area contributed by atoms with Gasteiger partial charge in [-0.3, -0.25) is 18.9 Å². The third-order valence-corrected chi connectivity index (χ3v) is 8.30. The lowest BCUT2D eigenvalue weighted by Crippen LogP contribution is -2.25. The van der Waals surface area contributed by atoms with E-state index in [0.29, 0.717) is 17.5 Å². The normalized spacial score (nSPS) is 20.3. The smallest absolute Gasteiger partial charge is 0.294 e. The van der Waals surface area contributed by atoms with Gasteiger partial charge in [-0.05, 0) is 69.4 Å². The molecular weight excluding hydrogens is 426 g/mol. The molecule has 1 saturated heterocycles. The van der Waals surface area contributed by atoms with Crippen molar-refractivity contribution < 1.29 is 13.2 Å². The second-order valence-electron chi connectivity index (χ2n) is 9.65. The maximum absolute atomic E-state index is 13.4. The number of pyridine rings is 1. The second kappa shape index (κ2) is 7.69. The zero-order chi connectivity index (χ0) is 23.4. The van der Waals surface area contributed by atoms with Crippen LogP contribution in [0.1, 0.15) is 61.3 Å². The molecule has 8 heteroatoms. The van der Waals surface area contributed by atoms with Crippen LogP contribution >= 0.6 is 0 Å². The van der Waals surface area contributed by atoms with Gasteiger partial charge < -0.3 is 0 Å². The van der Waals surface area contributed by atoms with Crippen LogP contribution in [0.2, 0.25) is 0 Å². The minimum Gasteiger partial charge on any atom is -0.294 e. The van der Waals surface area contributed by atoms with E-state index in [4.69, 9.17) is 0 Å². The average Bonchev–Trinajstić information content (AvgIpc) is 3.14. The Morgan fingerprint density at radius 3 is 2.53 bits per heavy atom. The minimum absolute atomic E-state index is 0.0434. The molecule has 0 unspecified atom stereocenters. The molecule has 1 aromatic carbocycles. The van der Waals surface area contributed by atoms with Gasteiger partial charge in [0.1, 0.15) is 0 Å². The van der Waals surface area contributed by atoms with Crippen LogP contribution in [0, 0.1) is 19.3 Å². The molecule has 4 rings (SSSR count). The van der Waals surface area contributed by atoms with Crippen molar-refractivity contribution in [2.75, 3.05) is 11.5 Å². The first kappa shape index (κ1) is 22.5. The summed E-state index contributed by atoms with van der Waals surface area (Å²) in [6.45, 7) is 9.55. The molecule has 1 atom stereocenters. The van der Waals surface area contributed by atoms with Gasteiger partial charge in [-0.15, -0.1) is 0 Å². The van der Waals surface area contributed by atoms with Crippen molar-refractivity contribution >= 4 is 26.7 Å². The highest BCUT2D eigenvalue weighted by Crippen LogP contribution is 2.36. The van der Waals surface area contributed by atoms with Gasteiger partial charge in [-0.25, -0.2) is 13.2 Å². The quantitative estimate of drug-likeness (QED) is 0.546. The number of imidazole rings is 1. The van der Waals surface area contributed by atoms with E-state index in [1.165, 1.54) is 0 Å². The SMILES string of the molecule is Cc1cc(-n2c(=O)n(C(C)C)c3cc(C(=O)C[C@@]4(C)CCS(=O)(=O)C4)ccc32)c(C)cn1. The number of aromatic nitrogens is 3. The van der Waals surface area contributed by atoms with Crippen molar-refractivity contribution in [3.05, 3.63) is 57.8 Å². The van der Waals surface area contributed by atoms with Crippen LogP contribution in [-0.2, 0) is 9.84 Å². The Bertz CT molecular complexity index is 1400. The predicted octanol–water partition coefficient (Wildman–Crippen LogP) is 3.78. The number of aryl methyl sites for hydroxylation is 2. The fourth-order valence-corrected chi connectivity index (χ4v) is 6.94. The zero-order valence-electron chi connectivity index (χ0n) is 19.2. The molecule has 3 aromatic rings. The van der Waals surface area contributed by atoms with Gasteiger partial charge in [-0.2, -0.15) is 0 Å². The number of hydrogen-bond donors (Lipinski definition) is 0. The first-order valence-electron chi connectivity index (χ1n) is 10.8. The molecule has 32 heavy (non-hydrogen) atoms. The Balaban J connectivity index is 1.83. The van der Waals surface area contributed by atoms with Crippen molar-refractivity contribution in [2.45, 2.75) is 53.5 Å². The van der Waals surface area contributed by atoms with Crippen LogP contribution in [0.4, 0.5) is 0 Å². The summed E-state index contributed by atoms with van der Waals surface area (Å²) < 4.78 is 27.2. The molecule has 0 radical (unpaired) electrons. The largest absolute Gasteiger partial charge is 0.333 e. The standard InChI is InChI=1S/C24H29N3O4S/c1-15(2)26-21-11-18(22(28)12-24(5)8-9-32(30,31)14-24)6-7-19(21)27(23(26)29)20-10-17(4)25-13-16(20)3/h6-7,10-11,13,15H,8-9,12,14H2,1-5H3/t24-/m1/s1. The third kappa shape index (κ3) is 3.92. The summed E-state index contributed by atoms with van der Waals surface area (Å²) in [5, 5.41) is 0. The summed E-state index contributed by atoms with van der Waals surface area (Å²) in [6, 6.07) is 7.11. The number of sulfone groups is 1. The first-order valence-corrected chi connectivity index (χ1v) is 12.7. The Kier molecular flexibility index (Phi) is 5.40. The zero-order valence-corrected chi connectivity index (χ0v) is 20.0. The molecule has 0 spiro atoms. The van der Waals surface area contributed by atoms with Crippen LogP contribution in [-0.4, -0.2) is 39.8 Å². The number of fused-ring (bicyclic) bond motifs is 1. The summed E-state index contributed by atoms with van der Waals surface area (Å²) >= 11 is 0. The van der Waals surface area contributed by atoms with Crippen molar-refractivity contribution in [3.63, 3.8) is 0 Å². The van der Waals surface area contributed by atoms with Gasteiger partial charge in [0, 0.05) is 29.9 Å². The summed E-state index contributed by atoms with van der Waals surface area (Å²) in [7, 11) is -3.08. The van der Waals surface area contributed by atoms with E-state index < -0.39 is 15.3 Å². The van der Waals surface area contributed by atoms with Gasteiger partial charge in [-0.1, -0.05) is 6.92 Å². The Morgan fingerprint density at radius 2 is 1.91 bits per heavy atom. The molecule has 170 valence electrons. The van der Waals surface area contributed by atoms with Crippen LogP contribution < -0.4 is 5.69 Å². The fraction of sp³-hybridized carbons (Fsp3) is 0.458. The highest BCUT2D eigenvalue weighted by Gasteiger charge is 2.40. The molecule has 0 N–H and O–H groups in total. The first-order chi connectivity index (χ1) is 14.9. The highest BCUT2D eigenvalue weighted by atomic mass is 32.2. The van der Waals surface area contributed by atoms with Gasteiger partial charge in [0.15, 0.2) is 15.6 Å². The van der Waals surface area contributed by atoms with E-state index in [9.17, 15) is 18.0 Å². The number of Topliss-reactive ketones (excluding diaryl/α,β-unsaturated/α-hetero) is 1. The third-order valence-electron chi connectivity index (χ3n) is 6.34. The van der Waals surface area contributed by atoms with Gasteiger partial charge in [0.2, 0.25) is 0 Å². The molecule has 2 aromatic heterocycles. The number of rotatable bonds is 5. The Hall–Kier alpha value is -2.74. The average molecular weight is 456 g/mol. The van der Waals surface area contributed by atoms with E-state index in [0.717, 1.165) is 22.5 Å². The van der Waals surface area contributed by atoms with Crippen LogP contribution in [0.5, 0.6) is 0 Å². The monoisotopic (exact) mass is 455 g/mol. The molecular formula is C24H29N3O4S. The summed E-state index contributed by atoms with van der Waals surface area (Å²) in [6.07, 6.45) is 2.42. The lowest BCUT2D eigenvalue weighted by molar-refractivity contribution is 0.0934. The van der Waals surface area contributed by atoms with E-state index in [2.05, 4.69) is 4.98 Å². The second-order valence-corrected chi connectivity index (χ2v) is 11.8. The molecule has 1 fully saturated rings.